The van der Waals surface area contributed by atoms with Crippen molar-refractivity contribution < 1.29 is 14.7 Å². The Hall–Kier alpha value is -2.04. The normalized spacial score (nSPS) is 17.4. The Morgan fingerprint density at radius 2 is 2.15 bits per heavy atom. The minimum atomic E-state index is -1.02. The van der Waals surface area contributed by atoms with E-state index in [1.165, 1.54) is 11.3 Å². The summed E-state index contributed by atoms with van der Waals surface area (Å²) in [7, 11) is 0. The van der Waals surface area contributed by atoms with E-state index in [0.717, 1.165) is 12.8 Å². The zero-order valence-electron chi connectivity index (χ0n) is 11.6. The Morgan fingerprint density at radius 1 is 1.40 bits per heavy atom. The largest absolute Gasteiger partial charge is 0.480 e. The number of nitrogens with zero attached hydrogens (tertiary/aromatic N) is 1. The Bertz CT molecular complexity index is 502. The summed E-state index contributed by atoms with van der Waals surface area (Å²) < 4.78 is 0. The number of amides is 1. The summed E-state index contributed by atoms with van der Waals surface area (Å²) in [4.78, 5) is 24.2. The van der Waals surface area contributed by atoms with Crippen LogP contribution in [-0.2, 0) is 16.0 Å². The molecule has 2 rings (SSSR count). The average molecular weight is 276 g/mol. The highest BCUT2D eigenvalue weighted by atomic mass is 16.4. The molecule has 5 nitrogen and oxygen atoms in total. The fourth-order valence-electron chi connectivity index (χ4n) is 2.59. The number of hydrogen-bond donors (Lipinski definition) is 2. The van der Waals surface area contributed by atoms with E-state index in [0.29, 0.717) is 19.0 Å². The van der Waals surface area contributed by atoms with E-state index in [-0.39, 0.29) is 12.5 Å². The topological polar surface area (TPSA) is 69.6 Å². The summed E-state index contributed by atoms with van der Waals surface area (Å²) in [5, 5.41) is 10.9. The fraction of sp³-hybridized carbons (Fsp3) is 0.467. The van der Waals surface area contributed by atoms with Crippen LogP contribution in [0.1, 0.15) is 25.3 Å². The molecule has 1 amide bonds. The van der Waals surface area contributed by atoms with Crippen molar-refractivity contribution in [1.82, 2.24) is 5.32 Å². The van der Waals surface area contributed by atoms with Crippen molar-refractivity contribution in [1.29, 1.82) is 0 Å². The minimum Gasteiger partial charge on any atom is -0.480 e. The molecule has 0 saturated heterocycles. The van der Waals surface area contributed by atoms with Crippen molar-refractivity contribution in [3.05, 3.63) is 29.8 Å². The highest BCUT2D eigenvalue weighted by Gasteiger charge is 2.22. The number of aliphatic carboxylic acids is 1. The first kappa shape index (κ1) is 14.4. The van der Waals surface area contributed by atoms with Crippen molar-refractivity contribution >= 4 is 17.6 Å². The molecule has 0 fully saturated rings. The number of carbonyl (C=O) groups excluding carboxylic acids is 1. The Balaban J connectivity index is 1.95. The SMILES string of the molecule is CC1CCc2ccccc2N1CCC(=O)NCC(=O)O. The summed E-state index contributed by atoms with van der Waals surface area (Å²) in [6.07, 6.45) is 2.46. The number of rotatable bonds is 5. The van der Waals surface area contributed by atoms with Crippen LogP contribution in [0.4, 0.5) is 5.69 Å². The van der Waals surface area contributed by atoms with Crippen LogP contribution in [0.15, 0.2) is 24.3 Å². The molecule has 1 aromatic carbocycles. The lowest BCUT2D eigenvalue weighted by atomic mass is 9.96. The van der Waals surface area contributed by atoms with Gasteiger partial charge in [0.2, 0.25) is 5.91 Å². The van der Waals surface area contributed by atoms with Gasteiger partial charge < -0.3 is 15.3 Å². The number of hydrogen-bond acceptors (Lipinski definition) is 3. The maximum absolute atomic E-state index is 11.6. The molecule has 1 atom stereocenters. The second kappa shape index (κ2) is 6.41. The molecule has 20 heavy (non-hydrogen) atoms. The number of nitrogens with one attached hydrogen (secondary N) is 1. The number of fused-ring (bicyclic) bond motifs is 1. The third-order valence-electron chi connectivity index (χ3n) is 3.68. The van der Waals surface area contributed by atoms with Gasteiger partial charge in [-0.05, 0) is 31.4 Å². The molecular weight excluding hydrogens is 256 g/mol. The zero-order chi connectivity index (χ0) is 14.5. The molecule has 0 saturated carbocycles. The third-order valence-corrected chi connectivity index (χ3v) is 3.68. The van der Waals surface area contributed by atoms with E-state index in [9.17, 15) is 9.59 Å². The van der Waals surface area contributed by atoms with Crippen LogP contribution in [0.25, 0.3) is 0 Å². The summed E-state index contributed by atoms with van der Waals surface area (Å²) >= 11 is 0. The van der Waals surface area contributed by atoms with E-state index in [2.05, 4.69) is 29.3 Å². The number of anilines is 1. The number of aryl methyl sites for hydroxylation is 1. The van der Waals surface area contributed by atoms with Crippen LogP contribution >= 0.6 is 0 Å². The number of carboxylic acids is 1. The van der Waals surface area contributed by atoms with E-state index in [1.54, 1.807) is 0 Å². The van der Waals surface area contributed by atoms with Gasteiger partial charge in [0, 0.05) is 24.7 Å². The maximum Gasteiger partial charge on any atom is 0.322 e. The van der Waals surface area contributed by atoms with Gasteiger partial charge in [-0.25, -0.2) is 0 Å². The predicted molar refractivity (Wildman–Crippen MR) is 76.8 cm³/mol. The van der Waals surface area contributed by atoms with E-state index < -0.39 is 5.97 Å². The zero-order valence-corrected chi connectivity index (χ0v) is 11.6. The maximum atomic E-state index is 11.6. The van der Waals surface area contributed by atoms with Gasteiger partial charge in [-0.2, -0.15) is 0 Å². The number of carbonyl (C=O) groups is 2. The number of benzene rings is 1. The molecule has 1 heterocycles. The van der Waals surface area contributed by atoms with Gasteiger partial charge >= 0.3 is 5.97 Å². The molecule has 0 bridgehead atoms. The first-order valence-corrected chi connectivity index (χ1v) is 6.91. The molecule has 1 aliphatic rings. The summed E-state index contributed by atoms with van der Waals surface area (Å²) in [6, 6.07) is 8.65. The molecule has 108 valence electrons. The highest BCUT2D eigenvalue weighted by molar-refractivity contribution is 5.81. The van der Waals surface area contributed by atoms with Gasteiger partial charge in [0.15, 0.2) is 0 Å². The molecule has 1 aliphatic heterocycles. The van der Waals surface area contributed by atoms with E-state index in [4.69, 9.17) is 5.11 Å². The van der Waals surface area contributed by atoms with Crippen molar-refractivity contribution in [2.45, 2.75) is 32.2 Å². The standard InChI is InChI=1S/C15H20N2O3/c1-11-6-7-12-4-2-3-5-13(12)17(11)9-8-14(18)16-10-15(19)20/h2-5,11H,6-10H2,1H3,(H,16,18)(H,19,20). The fourth-order valence-corrected chi connectivity index (χ4v) is 2.59. The van der Waals surface area contributed by atoms with Crippen molar-refractivity contribution in [2.24, 2.45) is 0 Å². The van der Waals surface area contributed by atoms with Crippen molar-refractivity contribution in [2.75, 3.05) is 18.0 Å². The van der Waals surface area contributed by atoms with Crippen LogP contribution < -0.4 is 10.2 Å². The lowest BCUT2D eigenvalue weighted by Crippen LogP contribution is -2.40. The quantitative estimate of drug-likeness (QED) is 0.853. The monoisotopic (exact) mass is 276 g/mol. The van der Waals surface area contributed by atoms with E-state index >= 15 is 0 Å². The molecule has 0 aliphatic carbocycles. The summed E-state index contributed by atoms with van der Waals surface area (Å²) in [6.45, 7) is 2.46. The van der Waals surface area contributed by atoms with Crippen LogP contribution in [-0.4, -0.2) is 36.1 Å². The van der Waals surface area contributed by atoms with Crippen molar-refractivity contribution in [3.63, 3.8) is 0 Å². The predicted octanol–water partition coefficient (Wildman–Crippen LogP) is 1.42. The van der Waals surface area contributed by atoms with Crippen LogP contribution in [0.3, 0.4) is 0 Å². The van der Waals surface area contributed by atoms with Gasteiger partial charge in [0.25, 0.3) is 0 Å². The second-order valence-corrected chi connectivity index (χ2v) is 5.13. The summed E-state index contributed by atoms with van der Waals surface area (Å²) in [5.41, 5.74) is 2.51. The number of para-hydroxylation sites is 1. The smallest absolute Gasteiger partial charge is 0.322 e. The van der Waals surface area contributed by atoms with Gasteiger partial charge in [-0.3, -0.25) is 9.59 Å². The average Bonchev–Trinajstić information content (AvgIpc) is 2.44. The Labute approximate surface area is 118 Å². The minimum absolute atomic E-state index is 0.220. The molecular formula is C15H20N2O3. The Kier molecular flexibility index (Phi) is 4.61. The molecule has 1 aromatic rings. The molecule has 0 spiro atoms. The lowest BCUT2D eigenvalue weighted by molar-refractivity contribution is -0.137. The summed E-state index contributed by atoms with van der Waals surface area (Å²) in [5.74, 6) is -1.24. The molecule has 1 unspecified atom stereocenters. The first-order chi connectivity index (χ1) is 9.58. The molecule has 5 heteroatoms. The lowest BCUT2D eigenvalue weighted by Gasteiger charge is -2.37. The van der Waals surface area contributed by atoms with Crippen LogP contribution in [0, 0.1) is 0 Å². The van der Waals surface area contributed by atoms with Gasteiger partial charge in [0.1, 0.15) is 6.54 Å². The van der Waals surface area contributed by atoms with Crippen LogP contribution in [0.2, 0.25) is 0 Å². The third kappa shape index (κ3) is 3.50. The van der Waals surface area contributed by atoms with E-state index in [1.807, 2.05) is 12.1 Å². The Morgan fingerprint density at radius 3 is 2.90 bits per heavy atom. The van der Waals surface area contributed by atoms with Crippen LogP contribution in [0.5, 0.6) is 0 Å². The molecule has 2 N–H and O–H groups in total. The highest BCUT2D eigenvalue weighted by Crippen LogP contribution is 2.30. The van der Waals surface area contributed by atoms with Crippen molar-refractivity contribution in [3.8, 4) is 0 Å². The molecule has 0 aromatic heterocycles. The second-order valence-electron chi connectivity index (χ2n) is 5.13. The van der Waals surface area contributed by atoms with Gasteiger partial charge in [-0.15, -0.1) is 0 Å². The van der Waals surface area contributed by atoms with Gasteiger partial charge in [0.05, 0.1) is 0 Å². The molecule has 0 radical (unpaired) electrons. The number of carboxylic acid groups (broad SMARTS) is 1. The van der Waals surface area contributed by atoms with Gasteiger partial charge in [-0.1, -0.05) is 18.2 Å². The first-order valence-electron chi connectivity index (χ1n) is 6.91.